The number of nitrogens with one attached hydrogen (secondary N) is 3. The van der Waals surface area contributed by atoms with Crippen molar-refractivity contribution in [2.24, 2.45) is 0 Å². The fourth-order valence-corrected chi connectivity index (χ4v) is 4.15. The Balaban J connectivity index is 1.56. The largest absolute Gasteiger partial charge is 0.368 e. The standard InChI is InChI=1S/C22H23BrCl2N6/c1-13-3-4-15(9-14(13)2)28-21-16(23)12-27-22(30-21)29-19-10-18(25)20(11-17(19)24)31-7-5-26-6-8-31/h3-4,9-12,26H,5-8H2,1-2H3,(H2,27,28,29,30). The molecule has 1 aliphatic heterocycles. The summed E-state index contributed by atoms with van der Waals surface area (Å²) in [7, 11) is 0. The number of anilines is 5. The van der Waals surface area contributed by atoms with Gasteiger partial charge in [-0.15, -0.1) is 0 Å². The number of aryl methyl sites for hydroxylation is 2. The summed E-state index contributed by atoms with van der Waals surface area (Å²) in [4.78, 5) is 11.2. The maximum Gasteiger partial charge on any atom is 0.229 e. The van der Waals surface area contributed by atoms with Crippen LogP contribution in [0.1, 0.15) is 11.1 Å². The van der Waals surface area contributed by atoms with Crippen LogP contribution >= 0.6 is 39.1 Å². The highest BCUT2D eigenvalue weighted by Crippen LogP contribution is 2.36. The number of benzene rings is 2. The minimum atomic E-state index is 0.419. The molecule has 0 bridgehead atoms. The number of halogens is 3. The highest BCUT2D eigenvalue weighted by Gasteiger charge is 2.17. The van der Waals surface area contributed by atoms with E-state index in [1.807, 2.05) is 18.2 Å². The molecule has 2 aromatic carbocycles. The molecule has 0 radical (unpaired) electrons. The second kappa shape index (κ2) is 9.61. The van der Waals surface area contributed by atoms with Gasteiger partial charge >= 0.3 is 0 Å². The van der Waals surface area contributed by atoms with Crippen molar-refractivity contribution >= 4 is 68.0 Å². The van der Waals surface area contributed by atoms with Gasteiger partial charge < -0.3 is 20.9 Å². The van der Waals surface area contributed by atoms with Crippen molar-refractivity contribution < 1.29 is 0 Å². The first kappa shape index (κ1) is 22.1. The molecule has 0 aliphatic carbocycles. The summed E-state index contributed by atoms with van der Waals surface area (Å²) in [6, 6.07) is 9.90. The van der Waals surface area contributed by atoms with Crippen molar-refractivity contribution in [3.05, 3.63) is 62.2 Å². The maximum atomic E-state index is 6.57. The lowest BCUT2D eigenvalue weighted by atomic mass is 10.1. The highest BCUT2D eigenvalue weighted by molar-refractivity contribution is 9.10. The van der Waals surface area contributed by atoms with Gasteiger partial charge in [-0.2, -0.15) is 4.98 Å². The van der Waals surface area contributed by atoms with Crippen LogP contribution in [0.15, 0.2) is 41.0 Å². The summed E-state index contributed by atoms with van der Waals surface area (Å²) < 4.78 is 0.759. The number of hydrogen-bond donors (Lipinski definition) is 3. The van der Waals surface area contributed by atoms with Crippen molar-refractivity contribution in [1.82, 2.24) is 15.3 Å². The van der Waals surface area contributed by atoms with E-state index in [2.05, 4.69) is 72.7 Å². The van der Waals surface area contributed by atoms with Crippen LogP contribution in [0.2, 0.25) is 10.0 Å². The van der Waals surface area contributed by atoms with Gasteiger partial charge in [0.15, 0.2) is 0 Å². The topological polar surface area (TPSA) is 65.1 Å². The van der Waals surface area contributed by atoms with Crippen LogP contribution in [0.3, 0.4) is 0 Å². The van der Waals surface area contributed by atoms with Crippen molar-refractivity contribution in [2.75, 3.05) is 41.7 Å². The number of rotatable bonds is 5. The molecule has 1 fully saturated rings. The first-order valence-electron chi connectivity index (χ1n) is 9.99. The third-order valence-electron chi connectivity index (χ3n) is 5.25. The smallest absolute Gasteiger partial charge is 0.229 e. The summed E-state index contributed by atoms with van der Waals surface area (Å²) in [5.41, 5.74) is 5.00. The quantitative estimate of drug-likeness (QED) is 0.379. The SMILES string of the molecule is Cc1ccc(Nc2nc(Nc3cc(Cl)c(N4CCNCC4)cc3Cl)ncc2Br)cc1C. The van der Waals surface area contributed by atoms with Crippen molar-refractivity contribution in [2.45, 2.75) is 13.8 Å². The molecule has 2 heterocycles. The number of aromatic nitrogens is 2. The first-order chi connectivity index (χ1) is 14.9. The molecule has 0 unspecified atom stereocenters. The summed E-state index contributed by atoms with van der Waals surface area (Å²) in [6.07, 6.45) is 1.70. The van der Waals surface area contributed by atoms with Gasteiger partial charge in [0, 0.05) is 38.1 Å². The van der Waals surface area contributed by atoms with Gasteiger partial charge in [0.2, 0.25) is 5.95 Å². The molecular weight excluding hydrogens is 499 g/mol. The van der Waals surface area contributed by atoms with Gasteiger partial charge in [0.05, 0.1) is 25.9 Å². The zero-order valence-corrected chi connectivity index (χ0v) is 20.4. The first-order valence-corrected chi connectivity index (χ1v) is 11.5. The Kier molecular flexibility index (Phi) is 6.86. The molecule has 1 saturated heterocycles. The van der Waals surface area contributed by atoms with Crippen LogP contribution in [0.25, 0.3) is 0 Å². The summed E-state index contributed by atoms with van der Waals surface area (Å²) in [6.45, 7) is 7.81. The normalized spacial score (nSPS) is 13.9. The van der Waals surface area contributed by atoms with Gasteiger partial charge in [0.25, 0.3) is 0 Å². The summed E-state index contributed by atoms with van der Waals surface area (Å²) in [5, 5.41) is 11.1. The number of nitrogens with zero attached hydrogens (tertiary/aromatic N) is 3. The molecular formula is C22H23BrCl2N6. The molecule has 0 saturated carbocycles. The molecule has 6 nitrogen and oxygen atoms in total. The fraction of sp³-hybridized carbons (Fsp3) is 0.273. The van der Waals surface area contributed by atoms with Crippen LogP contribution in [-0.2, 0) is 0 Å². The number of piperazine rings is 1. The lowest BCUT2D eigenvalue weighted by molar-refractivity contribution is 0.589. The van der Waals surface area contributed by atoms with Crippen molar-refractivity contribution in [3.8, 4) is 0 Å². The maximum absolute atomic E-state index is 6.57. The lowest BCUT2D eigenvalue weighted by Gasteiger charge is -2.30. The second-order valence-electron chi connectivity index (χ2n) is 7.46. The average molecular weight is 522 g/mol. The van der Waals surface area contributed by atoms with Gasteiger partial charge in [-0.25, -0.2) is 4.98 Å². The van der Waals surface area contributed by atoms with E-state index in [0.717, 1.165) is 42.0 Å². The molecule has 31 heavy (non-hydrogen) atoms. The van der Waals surface area contributed by atoms with Crippen LogP contribution in [0.4, 0.5) is 28.8 Å². The molecule has 3 aromatic rings. The second-order valence-corrected chi connectivity index (χ2v) is 9.13. The van der Waals surface area contributed by atoms with Gasteiger partial charge in [-0.3, -0.25) is 0 Å². The van der Waals surface area contributed by atoms with Crippen LogP contribution in [-0.4, -0.2) is 36.1 Å². The Hall–Kier alpha value is -2.06. The molecule has 0 amide bonds. The van der Waals surface area contributed by atoms with E-state index in [0.29, 0.717) is 27.5 Å². The van der Waals surface area contributed by atoms with Gasteiger partial charge in [0.1, 0.15) is 5.82 Å². The number of hydrogen-bond acceptors (Lipinski definition) is 6. The Labute approximate surface area is 200 Å². The molecule has 3 N–H and O–H groups in total. The molecule has 4 rings (SSSR count). The van der Waals surface area contributed by atoms with E-state index in [1.54, 1.807) is 6.20 Å². The average Bonchev–Trinajstić information content (AvgIpc) is 2.76. The predicted octanol–water partition coefficient (Wildman–Crippen LogP) is 6.06. The van der Waals surface area contributed by atoms with Gasteiger partial charge in [-0.05, 0) is 65.2 Å². The van der Waals surface area contributed by atoms with E-state index in [1.165, 1.54) is 11.1 Å². The fourth-order valence-electron chi connectivity index (χ4n) is 3.37. The van der Waals surface area contributed by atoms with E-state index < -0.39 is 0 Å². The van der Waals surface area contributed by atoms with Crippen molar-refractivity contribution in [1.29, 1.82) is 0 Å². The lowest BCUT2D eigenvalue weighted by Crippen LogP contribution is -2.43. The van der Waals surface area contributed by atoms with Crippen molar-refractivity contribution in [3.63, 3.8) is 0 Å². The Morgan fingerprint density at radius 1 is 1.00 bits per heavy atom. The zero-order chi connectivity index (χ0) is 22.0. The zero-order valence-electron chi connectivity index (χ0n) is 17.3. The van der Waals surface area contributed by atoms with Gasteiger partial charge in [-0.1, -0.05) is 29.3 Å². The van der Waals surface area contributed by atoms with E-state index in [9.17, 15) is 0 Å². The Bertz CT molecular complexity index is 1100. The Morgan fingerprint density at radius 3 is 2.52 bits per heavy atom. The molecule has 1 aliphatic rings. The molecule has 1 aromatic heterocycles. The molecule has 162 valence electrons. The summed E-state index contributed by atoms with van der Waals surface area (Å²) in [5.74, 6) is 1.07. The highest BCUT2D eigenvalue weighted by atomic mass is 79.9. The molecule has 0 atom stereocenters. The van der Waals surface area contributed by atoms with Crippen LogP contribution in [0.5, 0.6) is 0 Å². The van der Waals surface area contributed by atoms with E-state index in [-0.39, 0.29) is 0 Å². The third kappa shape index (κ3) is 5.23. The van der Waals surface area contributed by atoms with Crippen LogP contribution in [0, 0.1) is 13.8 Å². The Morgan fingerprint density at radius 2 is 1.77 bits per heavy atom. The monoisotopic (exact) mass is 520 g/mol. The minimum absolute atomic E-state index is 0.419. The summed E-state index contributed by atoms with van der Waals surface area (Å²) >= 11 is 16.6. The third-order valence-corrected chi connectivity index (χ3v) is 6.45. The van der Waals surface area contributed by atoms with E-state index >= 15 is 0 Å². The molecule has 0 spiro atoms. The van der Waals surface area contributed by atoms with Crippen LogP contribution < -0.4 is 20.9 Å². The predicted molar refractivity (Wildman–Crippen MR) is 134 cm³/mol. The molecule has 9 heteroatoms. The minimum Gasteiger partial charge on any atom is -0.368 e. The van der Waals surface area contributed by atoms with E-state index in [4.69, 9.17) is 23.2 Å².